The molecule has 1 atom stereocenters. The Labute approximate surface area is 171 Å². The van der Waals surface area contributed by atoms with Crippen LogP contribution >= 0.6 is 0 Å². The first-order valence-corrected chi connectivity index (χ1v) is 11.5. The van der Waals surface area contributed by atoms with Crippen LogP contribution in [0.25, 0.3) is 0 Å². The van der Waals surface area contributed by atoms with Crippen LogP contribution in [0, 0.1) is 11.3 Å². The van der Waals surface area contributed by atoms with Crippen molar-refractivity contribution >= 4 is 11.9 Å². The van der Waals surface area contributed by atoms with E-state index in [0.717, 1.165) is 50.7 Å². The van der Waals surface area contributed by atoms with E-state index in [9.17, 15) is 4.79 Å². The van der Waals surface area contributed by atoms with Gasteiger partial charge in [-0.2, -0.15) is 0 Å². The molecule has 2 N–H and O–H groups in total. The van der Waals surface area contributed by atoms with Crippen molar-refractivity contribution in [2.75, 3.05) is 46.8 Å². The molecule has 1 amide bonds. The van der Waals surface area contributed by atoms with Gasteiger partial charge in [-0.15, -0.1) is 0 Å². The van der Waals surface area contributed by atoms with Crippen LogP contribution in [0.15, 0.2) is 4.99 Å². The first-order chi connectivity index (χ1) is 13.5. The molecule has 3 aliphatic rings. The van der Waals surface area contributed by atoms with Crippen LogP contribution in [0.2, 0.25) is 0 Å². The van der Waals surface area contributed by atoms with Crippen LogP contribution in [0.1, 0.15) is 64.7 Å². The second-order valence-electron chi connectivity index (χ2n) is 9.42. The SMILES string of the molecule is CCNC(=NCC1(C(=O)N(C)C)CCCC1)NC1CCN(CC2CCCC2)C1. The molecule has 1 saturated heterocycles. The number of hydrogen-bond acceptors (Lipinski definition) is 3. The maximum atomic E-state index is 12.8. The Balaban J connectivity index is 1.55. The molecule has 0 bridgehead atoms. The minimum atomic E-state index is -0.296. The smallest absolute Gasteiger partial charge is 0.230 e. The molecule has 1 heterocycles. The maximum Gasteiger partial charge on any atom is 0.230 e. The number of nitrogens with zero attached hydrogens (tertiary/aromatic N) is 3. The van der Waals surface area contributed by atoms with E-state index in [2.05, 4.69) is 22.5 Å². The zero-order valence-corrected chi connectivity index (χ0v) is 18.3. The van der Waals surface area contributed by atoms with Gasteiger partial charge in [-0.05, 0) is 44.9 Å². The number of hydrogen-bond donors (Lipinski definition) is 2. The molecule has 2 aliphatic carbocycles. The fraction of sp³-hybridized carbons (Fsp3) is 0.909. The number of nitrogens with one attached hydrogen (secondary N) is 2. The number of guanidine groups is 1. The molecule has 1 unspecified atom stereocenters. The van der Waals surface area contributed by atoms with E-state index in [0.29, 0.717) is 12.6 Å². The van der Waals surface area contributed by atoms with Gasteiger partial charge in [-0.25, -0.2) is 0 Å². The summed E-state index contributed by atoms with van der Waals surface area (Å²) < 4.78 is 0. The van der Waals surface area contributed by atoms with Crippen LogP contribution in [0.4, 0.5) is 0 Å². The maximum absolute atomic E-state index is 12.8. The third kappa shape index (κ3) is 5.40. The number of rotatable bonds is 7. The summed E-state index contributed by atoms with van der Waals surface area (Å²) in [4.78, 5) is 22.1. The largest absolute Gasteiger partial charge is 0.357 e. The fourth-order valence-corrected chi connectivity index (χ4v) is 5.38. The molecule has 0 radical (unpaired) electrons. The highest BCUT2D eigenvalue weighted by atomic mass is 16.2. The van der Waals surface area contributed by atoms with E-state index in [1.54, 1.807) is 4.90 Å². The summed E-state index contributed by atoms with van der Waals surface area (Å²) in [6.07, 6.45) is 11.1. The second kappa shape index (κ2) is 9.95. The van der Waals surface area contributed by atoms with Gasteiger partial charge in [0.2, 0.25) is 5.91 Å². The van der Waals surface area contributed by atoms with Crippen molar-refractivity contribution in [3.8, 4) is 0 Å². The van der Waals surface area contributed by atoms with Gasteiger partial charge in [0.05, 0.1) is 12.0 Å². The van der Waals surface area contributed by atoms with Crippen molar-refractivity contribution in [1.82, 2.24) is 20.4 Å². The van der Waals surface area contributed by atoms with Gasteiger partial charge in [0.25, 0.3) is 0 Å². The summed E-state index contributed by atoms with van der Waals surface area (Å²) in [6.45, 7) is 7.12. The molecule has 3 fully saturated rings. The van der Waals surface area contributed by atoms with Gasteiger partial charge in [-0.1, -0.05) is 25.7 Å². The average Bonchev–Trinajstić information content (AvgIpc) is 3.42. The normalized spacial score (nSPS) is 26.0. The summed E-state index contributed by atoms with van der Waals surface area (Å²) in [6, 6.07) is 0.461. The van der Waals surface area contributed by atoms with Gasteiger partial charge < -0.3 is 20.4 Å². The monoisotopic (exact) mass is 391 g/mol. The first-order valence-electron chi connectivity index (χ1n) is 11.5. The lowest BCUT2D eigenvalue weighted by Crippen LogP contribution is -2.46. The third-order valence-corrected chi connectivity index (χ3v) is 6.91. The summed E-state index contributed by atoms with van der Waals surface area (Å²) in [7, 11) is 3.74. The summed E-state index contributed by atoms with van der Waals surface area (Å²) >= 11 is 0. The van der Waals surface area contributed by atoms with Gasteiger partial charge in [0.1, 0.15) is 0 Å². The lowest BCUT2D eigenvalue weighted by atomic mass is 9.85. The van der Waals surface area contributed by atoms with Gasteiger partial charge in [0, 0.05) is 46.3 Å². The average molecular weight is 392 g/mol. The highest BCUT2D eigenvalue weighted by molar-refractivity contribution is 5.84. The van der Waals surface area contributed by atoms with Gasteiger partial charge in [0.15, 0.2) is 5.96 Å². The fourth-order valence-electron chi connectivity index (χ4n) is 5.38. The first kappa shape index (κ1) is 21.4. The van der Waals surface area contributed by atoms with Crippen molar-refractivity contribution in [2.24, 2.45) is 16.3 Å². The Kier molecular flexibility index (Phi) is 7.61. The third-order valence-electron chi connectivity index (χ3n) is 6.91. The van der Waals surface area contributed by atoms with Crippen LogP contribution in [-0.2, 0) is 4.79 Å². The number of likely N-dealkylation sites (tertiary alicyclic amines) is 1. The molecule has 28 heavy (non-hydrogen) atoms. The van der Waals surface area contributed by atoms with E-state index in [-0.39, 0.29) is 11.3 Å². The lowest BCUT2D eigenvalue weighted by molar-refractivity contribution is -0.138. The van der Waals surface area contributed by atoms with Crippen LogP contribution < -0.4 is 10.6 Å². The quantitative estimate of drug-likeness (QED) is 0.517. The minimum absolute atomic E-state index is 0.244. The van der Waals surface area contributed by atoms with Crippen molar-refractivity contribution in [2.45, 2.75) is 70.8 Å². The van der Waals surface area contributed by atoms with Crippen LogP contribution in [-0.4, -0.2) is 74.5 Å². The zero-order chi connectivity index (χ0) is 20.0. The van der Waals surface area contributed by atoms with Gasteiger partial charge >= 0.3 is 0 Å². The van der Waals surface area contributed by atoms with E-state index >= 15 is 0 Å². The summed E-state index contributed by atoms with van der Waals surface area (Å²) in [5.74, 6) is 2.04. The predicted octanol–water partition coefficient (Wildman–Crippen LogP) is 2.45. The van der Waals surface area contributed by atoms with Crippen molar-refractivity contribution in [3.63, 3.8) is 0 Å². The molecule has 3 rings (SSSR count). The molecule has 6 nitrogen and oxygen atoms in total. The van der Waals surface area contributed by atoms with E-state index in [4.69, 9.17) is 4.99 Å². The Bertz CT molecular complexity index is 535. The number of aliphatic imine (C=N–C) groups is 1. The second-order valence-corrected chi connectivity index (χ2v) is 9.42. The predicted molar refractivity (Wildman–Crippen MR) is 116 cm³/mol. The lowest BCUT2D eigenvalue weighted by Gasteiger charge is -2.29. The van der Waals surface area contributed by atoms with E-state index in [1.165, 1.54) is 45.2 Å². The Morgan fingerprint density at radius 2 is 1.86 bits per heavy atom. The molecule has 0 aromatic rings. The van der Waals surface area contributed by atoms with E-state index in [1.807, 2.05) is 14.1 Å². The number of amides is 1. The Morgan fingerprint density at radius 3 is 2.50 bits per heavy atom. The molecule has 2 saturated carbocycles. The van der Waals surface area contributed by atoms with E-state index < -0.39 is 0 Å². The van der Waals surface area contributed by atoms with Crippen molar-refractivity contribution < 1.29 is 4.79 Å². The molecule has 1 aliphatic heterocycles. The standard InChI is InChI=1S/C22H41N5O/c1-4-23-21(24-17-22(12-7-8-13-22)20(28)26(2)3)25-19-11-14-27(16-19)15-18-9-5-6-10-18/h18-19H,4-17H2,1-3H3,(H2,23,24,25). The van der Waals surface area contributed by atoms with Crippen LogP contribution in [0.5, 0.6) is 0 Å². The molecular weight excluding hydrogens is 350 g/mol. The highest BCUT2D eigenvalue weighted by Crippen LogP contribution is 2.39. The number of carbonyl (C=O) groups excluding carboxylic acids is 1. The van der Waals surface area contributed by atoms with Gasteiger partial charge in [-0.3, -0.25) is 9.79 Å². The Hall–Kier alpha value is -1.30. The van der Waals surface area contributed by atoms with Crippen molar-refractivity contribution in [3.05, 3.63) is 0 Å². The Morgan fingerprint density at radius 1 is 1.14 bits per heavy atom. The summed E-state index contributed by atoms with van der Waals surface area (Å²) in [5, 5.41) is 7.06. The topological polar surface area (TPSA) is 60.0 Å². The zero-order valence-electron chi connectivity index (χ0n) is 18.3. The molecular formula is C22H41N5O. The summed E-state index contributed by atoms with van der Waals surface area (Å²) in [5.41, 5.74) is -0.296. The highest BCUT2D eigenvalue weighted by Gasteiger charge is 2.42. The molecule has 0 aromatic carbocycles. The number of carbonyl (C=O) groups is 1. The molecule has 6 heteroatoms. The molecule has 0 aromatic heterocycles. The molecule has 160 valence electrons. The van der Waals surface area contributed by atoms with Crippen molar-refractivity contribution in [1.29, 1.82) is 0 Å². The minimum Gasteiger partial charge on any atom is -0.357 e. The van der Waals surface area contributed by atoms with Crippen LogP contribution in [0.3, 0.4) is 0 Å². The molecule has 0 spiro atoms.